The van der Waals surface area contributed by atoms with E-state index in [0.717, 1.165) is 5.75 Å². The lowest BCUT2D eigenvalue weighted by atomic mass is 10.0. The van der Waals surface area contributed by atoms with Crippen molar-refractivity contribution in [3.05, 3.63) is 0 Å². The van der Waals surface area contributed by atoms with Crippen LogP contribution in [0.2, 0.25) is 0 Å². The molecule has 9 heavy (non-hydrogen) atoms. The predicted molar refractivity (Wildman–Crippen MR) is 37.4 cm³/mol. The monoisotopic (exact) mass is 150 g/mol. The van der Waals surface area contributed by atoms with E-state index in [0.29, 0.717) is 12.2 Å². The number of aliphatic hydroxyl groups is 1. The number of hydrogen-bond acceptors (Lipinski definition) is 2. The highest BCUT2D eigenvalue weighted by molar-refractivity contribution is 7.99. The van der Waals surface area contributed by atoms with E-state index < -0.39 is 6.17 Å². The van der Waals surface area contributed by atoms with Crippen LogP contribution in [0.4, 0.5) is 4.39 Å². The zero-order valence-corrected chi connectivity index (χ0v) is 6.03. The lowest BCUT2D eigenvalue weighted by molar-refractivity contribution is 0.212. The second-order valence-electron chi connectivity index (χ2n) is 2.33. The maximum Gasteiger partial charge on any atom is 0.113 e. The van der Waals surface area contributed by atoms with Gasteiger partial charge in [0.15, 0.2) is 0 Å². The molecule has 2 atom stereocenters. The Morgan fingerprint density at radius 2 is 2.33 bits per heavy atom. The summed E-state index contributed by atoms with van der Waals surface area (Å²) in [5.74, 6) is 1.65. The lowest BCUT2D eigenvalue weighted by Crippen LogP contribution is -2.14. The van der Waals surface area contributed by atoms with Crippen LogP contribution in [0, 0.1) is 5.92 Å². The minimum atomic E-state index is -0.665. The molecule has 0 aromatic rings. The van der Waals surface area contributed by atoms with Crippen molar-refractivity contribution in [3.63, 3.8) is 0 Å². The average molecular weight is 150 g/mol. The molecule has 1 nitrogen and oxygen atoms in total. The van der Waals surface area contributed by atoms with Crippen molar-refractivity contribution in [2.75, 3.05) is 18.1 Å². The van der Waals surface area contributed by atoms with Gasteiger partial charge in [-0.15, -0.1) is 0 Å². The molecule has 1 fully saturated rings. The smallest absolute Gasteiger partial charge is 0.113 e. The van der Waals surface area contributed by atoms with Crippen molar-refractivity contribution >= 4 is 11.8 Å². The number of alkyl halides is 1. The highest BCUT2D eigenvalue weighted by Gasteiger charge is 2.26. The molecule has 54 valence electrons. The highest BCUT2D eigenvalue weighted by atomic mass is 32.2. The zero-order valence-electron chi connectivity index (χ0n) is 5.22. The Kier molecular flexibility index (Phi) is 2.79. The topological polar surface area (TPSA) is 20.2 Å². The van der Waals surface area contributed by atoms with Crippen LogP contribution in [-0.4, -0.2) is 29.4 Å². The molecule has 1 aliphatic heterocycles. The maximum atomic E-state index is 12.6. The number of thioether (sulfide) groups is 1. The summed E-state index contributed by atoms with van der Waals surface area (Å²) < 4.78 is 12.6. The van der Waals surface area contributed by atoms with E-state index in [1.54, 1.807) is 11.8 Å². The Labute approximate surface area is 58.6 Å². The van der Waals surface area contributed by atoms with Gasteiger partial charge in [0.05, 0.1) is 0 Å². The van der Waals surface area contributed by atoms with E-state index in [9.17, 15) is 4.39 Å². The fraction of sp³-hybridized carbons (Fsp3) is 1.00. The first-order valence-electron chi connectivity index (χ1n) is 3.17. The van der Waals surface area contributed by atoms with Crippen LogP contribution in [0.15, 0.2) is 0 Å². The summed E-state index contributed by atoms with van der Waals surface area (Å²) in [7, 11) is 0. The summed E-state index contributed by atoms with van der Waals surface area (Å²) in [5.41, 5.74) is 0. The average Bonchev–Trinajstić information content (AvgIpc) is 2.18. The third-order valence-corrected chi connectivity index (χ3v) is 2.84. The molecule has 0 saturated carbocycles. The SMILES string of the molecule is OCCC1CSCC1F. The fourth-order valence-electron chi connectivity index (χ4n) is 1.00. The largest absolute Gasteiger partial charge is 0.396 e. The zero-order chi connectivity index (χ0) is 6.69. The lowest BCUT2D eigenvalue weighted by Gasteiger charge is -2.07. The Bertz CT molecular complexity index is 89.1. The minimum Gasteiger partial charge on any atom is -0.396 e. The normalized spacial score (nSPS) is 35.3. The van der Waals surface area contributed by atoms with Gasteiger partial charge in [0.25, 0.3) is 0 Å². The molecule has 1 saturated heterocycles. The third-order valence-electron chi connectivity index (χ3n) is 1.62. The second-order valence-corrected chi connectivity index (χ2v) is 3.40. The van der Waals surface area contributed by atoms with Gasteiger partial charge in [-0.1, -0.05) is 0 Å². The molecule has 0 aromatic heterocycles. The predicted octanol–water partition coefficient (Wildman–Crippen LogP) is 1.07. The first-order chi connectivity index (χ1) is 4.34. The molecule has 0 aliphatic carbocycles. The maximum absolute atomic E-state index is 12.6. The van der Waals surface area contributed by atoms with Crippen LogP contribution in [0.1, 0.15) is 6.42 Å². The molecule has 0 amide bonds. The second kappa shape index (κ2) is 3.42. The van der Waals surface area contributed by atoms with Crippen LogP contribution in [0.3, 0.4) is 0 Å². The van der Waals surface area contributed by atoms with Gasteiger partial charge in [-0.05, 0) is 12.2 Å². The third kappa shape index (κ3) is 1.83. The molecule has 1 heterocycles. The van der Waals surface area contributed by atoms with E-state index in [1.165, 1.54) is 0 Å². The van der Waals surface area contributed by atoms with E-state index in [1.807, 2.05) is 0 Å². The molecule has 3 heteroatoms. The van der Waals surface area contributed by atoms with Gasteiger partial charge < -0.3 is 5.11 Å². The fourth-order valence-corrected chi connectivity index (χ4v) is 2.31. The number of halogens is 1. The summed E-state index contributed by atoms with van der Waals surface area (Å²) in [6.45, 7) is 0.131. The van der Waals surface area contributed by atoms with Crippen LogP contribution in [0.25, 0.3) is 0 Å². The summed E-state index contributed by atoms with van der Waals surface area (Å²) >= 11 is 1.64. The van der Waals surface area contributed by atoms with Crippen molar-refractivity contribution in [1.82, 2.24) is 0 Å². The van der Waals surface area contributed by atoms with Crippen LogP contribution in [-0.2, 0) is 0 Å². The number of rotatable bonds is 2. The van der Waals surface area contributed by atoms with Gasteiger partial charge in [-0.3, -0.25) is 0 Å². The van der Waals surface area contributed by atoms with Crippen LogP contribution >= 0.6 is 11.8 Å². The van der Waals surface area contributed by atoms with Crippen molar-refractivity contribution in [2.24, 2.45) is 5.92 Å². The van der Waals surface area contributed by atoms with Gasteiger partial charge in [-0.25, -0.2) is 4.39 Å². The van der Waals surface area contributed by atoms with Crippen molar-refractivity contribution in [2.45, 2.75) is 12.6 Å². The van der Waals surface area contributed by atoms with Gasteiger partial charge >= 0.3 is 0 Å². The first kappa shape index (κ1) is 7.35. The van der Waals surface area contributed by atoms with E-state index in [2.05, 4.69) is 0 Å². The summed E-state index contributed by atoms with van der Waals surface area (Å²) in [4.78, 5) is 0. The molecule has 0 aromatic carbocycles. The van der Waals surface area contributed by atoms with Gasteiger partial charge in [0.2, 0.25) is 0 Å². The molecule has 2 unspecified atom stereocenters. The molecule has 1 rings (SSSR count). The summed E-state index contributed by atoms with van der Waals surface area (Å²) in [6.07, 6.45) is -0.0316. The van der Waals surface area contributed by atoms with Gasteiger partial charge in [0.1, 0.15) is 6.17 Å². The molecular weight excluding hydrogens is 139 g/mol. The Morgan fingerprint density at radius 1 is 1.56 bits per heavy atom. The number of aliphatic hydroxyl groups excluding tert-OH is 1. The van der Waals surface area contributed by atoms with Crippen molar-refractivity contribution < 1.29 is 9.50 Å². The number of hydrogen-bond donors (Lipinski definition) is 1. The summed E-state index contributed by atoms with van der Waals surface area (Å²) in [6, 6.07) is 0. The van der Waals surface area contributed by atoms with Crippen molar-refractivity contribution in [3.8, 4) is 0 Å². The van der Waals surface area contributed by atoms with Crippen LogP contribution in [0.5, 0.6) is 0 Å². The van der Waals surface area contributed by atoms with E-state index in [-0.39, 0.29) is 12.5 Å². The van der Waals surface area contributed by atoms with Crippen LogP contribution < -0.4 is 0 Å². The van der Waals surface area contributed by atoms with Gasteiger partial charge in [-0.2, -0.15) is 11.8 Å². The Morgan fingerprint density at radius 3 is 2.78 bits per heavy atom. The van der Waals surface area contributed by atoms with Crippen molar-refractivity contribution in [1.29, 1.82) is 0 Å². The molecule has 0 bridgehead atoms. The molecule has 1 aliphatic rings. The Hall–Kier alpha value is 0.240. The van der Waals surface area contributed by atoms with E-state index >= 15 is 0 Å². The molecule has 0 spiro atoms. The molecule has 0 radical (unpaired) electrons. The van der Waals surface area contributed by atoms with E-state index in [4.69, 9.17) is 5.11 Å². The molecule has 1 N–H and O–H groups in total. The standard InChI is InChI=1S/C6H11FOS/c7-6-4-9-3-5(6)1-2-8/h5-6,8H,1-4H2. The minimum absolute atomic E-state index is 0.125. The quantitative estimate of drug-likeness (QED) is 0.635. The first-order valence-corrected chi connectivity index (χ1v) is 4.32. The summed E-state index contributed by atoms with van der Waals surface area (Å²) in [5, 5.41) is 8.47. The van der Waals surface area contributed by atoms with Gasteiger partial charge in [0, 0.05) is 18.3 Å². The Balaban J connectivity index is 2.22. The highest BCUT2D eigenvalue weighted by Crippen LogP contribution is 2.28. The molecular formula is C6H11FOS.